The SMILES string of the molecule is O=C(Oc1ccccc1-c1nc2ccccc2s1)c1ccc(F)cc1. The molecule has 0 fully saturated rings. The standard InChI is InChI=1S/C20H12FNO2S/c21-14-11-9-13(10-12-14)20(23)24-17-7-3-1-5-15(17)19-22-16-6-2-4-8-18(16)25-19/h1-12H. The normalized spacial score (nSPS) is 10.8. The minimum Gasteiger partial charge on any atom is -0.422 e. The molecule has 0 aliphatic rings. The third-order valence-electron chi connectivity index (χ3n) is 3.69. The van der Waals surface area contributed by atoms with Crippen LogP contribution in [0.4, 0.5) is 4.39 Å². The summed E-state index contributed by atoms with van der Waals surface area (Å²) in [5.41, 5.74) is 1.95. The maximum atomic E-state index is 13.0. The van der Waals surface area contributed by atoms with Crippen molar-refractivity contribution in [2.75, 3.05) is 0 Å². The molecule has 0 aliphatic heterocycles. The van der Waals surface area contributed by atoms with Crippen molar-refractivity contribution in [2.24, 2.45) is 0 Å². The molecule has 3 nitrogen and oxygen atoms in total. The van der Waals surface area contributed by atoms with Crippen LogP contribution in [0, 0.1) is 5.82 Å². The predicted octanol–water partition coefficient (Wildman–Crippen LogP) is 5.32. The molecular weight excluding hydrogens is 337 g/mol. The van der Waals surface area contributed by atoms with E-state index in [1.807, 2.05) is 36.4 Å². The van der Waals surface area contributed by atoms with Crippen LogP contribution >= 0.6 is 11.3 Å². The lowest BCUT2D eigenvalue weighted by Gasteiger charge is -2.08. The molecule has 0 amide bonds. The lowest BCUT2D eigenvalue weighted by Crippen LogP contribution is -2.09. The Labute approximate surface area is 147 Å². The Morgan fingerprint density at radius 3 is 2.44 bits per heavy atom. The van der Waals surface area contributed by atoms with Crippen molar-refractivity contribution in [3.8, 4) is 16.3 Å². The van der Waals surface area contributed by atoms with Crippen LogP contribution in [0.25, 0.3) is 20.8 Å². The molecular formula is C20H12FNO2S. The van der Waals surface area contributed by atoms with E-state index in [1.165, 1.54) is 35.6 Å². The smallest absolute Gasteiger partial charge is 0.343 e. The third kappa shape index (κ3) is 3.14. The van der Waals surface area contributed by atoms with Crippen LogP contribution < -0.4 is 4.74 Å². The molecule has 3 aromatic carbocycles. The number of halogens is 1. The van der Waals surface area contributed by atoms with Crippen molar-refractivity contribution >= 4 is 27.5 Å². The first-order chi connectivity index (χ1) is 12.2. The summed E-state index contributed by atoms with van der Waals surface area (Å²) >= 11 is 1.54. The van der Waals surface area contributed by atoms with E-state index in [0.29, 0.717) is 11.3 Å². The van der Waals surface area contributed by atoms with Crippen LogP contribution in [0.15, 0.2) is 72.8 Å². The first-order valence-electron chi connectivity index (χ1n) is 7.63. The summed E-state index contributed by atoms with van der Waals surface area (Å²) in [6.07, 6.45) is 0. The topological polar surface area (TPSA) is 39.2 Å². The summed E-state index contributed by atoms with van der Waals surface area (Å²) in [7, 11) is 0. The van der Waals surface area contributed by atoms with Crippen LogP contribution in [-0.2, 0) is 0 Å². The van der Waals surface area contributed by atoms with Crippen LogP contribution in [0.5, 0.6) is 5.75 Å². The number of benzene rings is 3. The maximum Gasteiger partial charge on any atom is 0.343 e. The summed E-state index contributed by atoms with van der Waals surface area (Å²) in [6, 6.07) is 20.4. The number of carbonyl (C=O) groups is 1. The molecule has 4 rings (SSSR count). The van der Waals surface area contributed by atoms with Gasteiger partial charge in [0, 0.05) is 0 Å². The van der Waals surface area contributed by atoms with Gasteiger partial charge in [-0.25, -0.2) is 14.2 Å². The fourth-order valence-electron chi connectivity index (χ4n) is 2.46. The van der Waals surface area contributed by atoms with Gasteiger partial charge in [-0.2, -0.15) is 0 Å². The number of esters is 1. The molecule has 0 radical (unpaired) electrons. The average Bonchev–Trinajstić information content (AvgIpc) is 3.06. The van der Waals surface area contributed by atoms with Gasteiger partial charge < -0.3 is 4.74 Å². The molecule has 1 aromatic heterocycles. The minimum atomic E-state index is -0.534. The second kappa shape index (κ2) is 6.45. The maximum absolute atomic E-state index is 13.0. The number of rotatable bonds is 3. The Hall–Kier alpha value is -3.05. The Bertz CT molecular complexity index is 1020. The van der Waals surface area contributed by atoms with Gasteiger partial charge in [0.15, 0.2) is 0 Å². The van der Waals surface area contributed by atoms with Crippen molar-refractivity contribution < 1.29 is 13.9 Å². The monoisotopic (exact) mass is 349 g/mol. The van der Waals surface area contributed by atoms with Gasteiger partial charge in [0.25, 0.3) is 0 Å². The van der Waals surface area contributed by atoms with Gasteiger partial charge in [0.05, 0.1) is 21.3 Å². The summed E-state index contributed by atoms with van der Waals surface area (Å²) < 4.78 is 19.6. The van der Waals surface area contributed by atoms with E-state index in [4.69, 9.17) is 4.74 Å². The second-order valence-electron chi connectivity index (χ2n) is 5.38. The minimum absolute atomic E-state index is 0.292. The molecule has 0 spiro atoms. The van der Waals surface area contributed by atoms with Crippen LogP contribution in [-0.4, -0.2) is 11.0 Å². The number of nitrogens with zero attached hydrogens (tertiary/aromatic N) is 1. The Kier molecular flexibility index (Phi) is 3.99. The fourth-order valence-corrected chi connectivity index (χ4v) is 3.46. The van der Waals surface area contributed by atoms with E-state index in [2.05, 4.69) is 4.98 Å². The number of carbonyl (C=O) groups excluding carboxylic acids is 1. The molecule has 5 heteroatoms. The number of aromatic nitrogens is 1. The van der Waals surface area contributed by atoms with Crippen molar-refractivity contribution in [3.63, 3.8) is 0 Å². The van der Waals surface area contributed by atoms with Gasteiger partial charge in [0.2, 0.25) is 0 Å². The molecule has 4 aromatic rings. The molecule has 0 unspecified atom stereocenters. The molecule has 0 saturated carbocycles. The fraction of sp³-hybridized carbons (Fsp3) is 0. The van der Waals surface area contributed by atoms with Gasteiger partial charge in [-0.05, 0) is 48.5 Å². The number of para-hydroxylation sites is 2. The lowest BCUT2D eigenvalue weighted by molar-refractivity contribution is 0.0735. The summed E-state index contributed by atoms with van der Waals surface area (Å²) in [6.45, 7) is 0. The highest BCUT2D eigenvalue weighted by atomic mass is 32.1. The summed E-state index contributed by atoms with van der Waals surface area (Å²) in [5.74, 6) is -0.504. The largest absolute Gasteiger partial charge is 0.422 e. The molecule has 1 heterocycles. The van der Waals surface area contributed by atoms with Gasteiger partial charge >= 0.3 is 5.97 Å². The van der Waals surface area contributed by atoms with Crippen molar-refractivity contribution in [3.05, 3.63) is 84.2 Å². The van der Waals surface area contributed by atoms with Crippen molar-refractivity contribution in [2.45, 2.75) is 0 Å². The van der Waals surface area contributed by atoms with Gasteiger partial charge in [-0.3, -0.25) is 0 Å². The van der Waals surface area contributed by atoms with Gasteiger partial charge in [-0.1, -0.05) is 24.3 Å². The second-order valence-corrected chi connectivity index (χ2v) is 6.41. The van der Waals surface area contributed by atoms with Crippen LogP contribution in [0.1, 0.15) is 10.4 Å². The summed E-state index contributed by atoms with van der Waals surface area (Å²) in [5, 5.41) is 0.781. The third-order valence-corrected chi connectivity index (χ3v) is 4.76. The van der Waals surface area contributed by atoms with Crippen LogP contribution in [0.3, 0.4) is 0 Å². The first-order valence-corrected chi connectivity index (χ1v) is 8.45. The lowest BCUT2D eigenvalue weighted by atomic mass is 10.2. The molecule has 122 valence electrons. The zero-order valence-corrected chi connectivity index (χ0v) is 13.8. The molecule has 0 saturated heterocycles. The Morgan fingerprint density at radius 2 is 1.64 bits per heavy atom. The predicted molar refractivity (Wildman–Crippen MR) is 96.4 cm³/mol. The van der Waals surface area contributed by atoms with Gasteiger partial charge in [0.1, 0.15) is 16.6 Å². The number of ether oxygens (including phenoxy) is 1. The number of hydrogen-bond donors (Lipinski definition) is 0. The van der Waals surface area contributed by atoms with Crippen LogP contribution in [0.2, 0.25) is 0 Å². The van der Waals surface area contributed by atoms with Gasteiger partial charge in [-0.15, -0.1) is 11.3 Å². The zero-order valence-electron chi connectivity index (χ0n) is 13.0. The van der Waals surface area contributed by atoms with E-state index in [0.717, 1.165) is 20.8 Å². The van der Waals surface area contributed by atoms with Crippen molar-refractivity contribution in [1.29, 1.82) is 0 Å². The number of hydrogen-bond acceptors (Lipinski definition) is 4. The van der Waals surface area contributed by atoms with Crippen molar-refractivity contribution in [1.82, 2.24) is 4.98 Å². The molecule has 0 atom stereocenters. The first kappa shape index (κ1) is 15.5. The van der Waals surface area contributed by atoms with E-state index < -0.39 is 11.8 Å². The van der Waals surface area contributed by atoms with E-state index >= 15 is 0 Å². The molecule has 0 aliphatic carbocycles. The Morgan fingerprint density at radius 1 is 0.920 bits per heavy atom. The Balaban J connectivity index is 1.69. The average molecular weight is 349 g/mol. The van der Waals surface area contributed by atoms with E-state index in [9.17, 15) is 9.18 Å². The number of thiazole rings is 1. The highest BCUT2D eigenvalue weighted by molar-refractivity contribution is 7.21. The molecule has 0 N–H and O–H groups in total. The highest BCUT2D eigenvalue weighted by Gasteiger charge is 2.15. The molecule has 0 bridgehead atoms. The zero-order chi connectivity index (χ0) is 17.2. The number of fused-ring (bicyclic) bond motifs is 1. The van der Waals surface area contributed by atoms with E-state index in [1.54, 1.807) is 12.1 Å². The highest BCUT2D eigenvalue weighted by Crippen LogP contribution is 2.35. The van der Waals surface area contributed by atoms with E-state index in [-0.39, 0.29) is 0 Å². The quantitative estimate of drug-likeness (QED) is 0.371. The summed E-state index contributed by atoms with van der Waals surface area (Å²) in [4.78, 5) is 16.9. The molecule has 25 heavy (non-hydrogen) atoms.